The third-order valence-electron chi connectivity index (χ3n) is 0.276. The number of rotatable bonds is 2. The number of hydrogen-bond acceptors (Lipinski definition) is 2. The Morgan fingerprint density at radius 2 is 2.33 bits per heavy atom. The van der Waals surface area contributed by atoms with E-state index in [1.54, 1.807) is 12.2 Å². The lowest BCUT2D eigenvalue weighted by atomic mass is 10.6. The first-order valence-corrected chi connectivity index (χ1v) is 1.86. The quantitative estimate of drug-likeness (QED) is 0.241. The Balaban J connectivity index is 2.94. The first-order chi connectivity index (χ1) is 2.91. The molecule has 0 saturated heterocycles. The van der Waals surface area contributed by atoms with Crippen LogP contribution in [0, 0.1) is 0 Å². The molecule has 0 saturated carbocycles. The van der Waals surface area contributed by atoms with Gasteiger partial charge in [0.25, 0.3) is 0 Å². The third kappa shape index (κ3) is 3.63. The lowest BCUT2D eigenvalue weighted by molar-refractivity contribution is 0.578. The van der Waals surface area contributed by atoms with E-state index in [-0.39, 0.29) is 0 Å². The molecule has 0 heterocycles. The van der Waals surface area contributed by atoms with Gasteiger partial charge in [0.15, 0.2) is 0 Å². The van der Waals surface area contributed by atoms with Crippen LogP contribution in [0.2, 0.25) is 0 Å². The third-order valence-corrected chi connectivity index (χ3v) is 0.397. The normalized spacial score (nSPS) is 8.83. The minimum Gasteiger partial charge on any atom is -0.437 e. The van der Waals surface area contributed by atoms with Crippen LogP contribution in [-0.2, 0) is 4.18 Å². The average Bonchev–Trinajstić information content (AvgIpc) is 1.61. The standard InChI is InChI=1S/C4H6OS/c1-2-3-4-5-6/h2-4,6H,1H2. The van der Waals surface area contributed by atoms with Crippen LogP contribution in [0.25, 0.3) is 0 Å². The smallest absolute Gasteiger partial charge is 0.101 e. The van der Waals surface area contributed by atoms with Crippen LogP contribution in [0.3, 0.4) is 0 Å². The van der Waals surface area contributed by atoms with Crippen molar-refractivity contribution in [2.75, 3.05) is 0 Å². The van der Waals surface area contributed by atoms with Gasteiger partial charge in [-0.3, -0.25) is 0 Å². The summed E-state index contributed by atoms with van der Waals surface area (Å²) in [6.07, 6.45) is 4.68. The van der Waals surface area contributed by atoms with Crippen molar-refractivity contribution >= 4 is 12.9 Å². The van der Waals surface area contributed by atoms with Gasteiger partial charge in [-0.2, -0.15) is 0 Å². The van der Waals surface area contributed by atoms with Gasteiger partial charge in [-0.1, -0.05) is 12.7 Å². The molecule has 0 unspecified atom stereocenters. The molecule has 0 aliphatic heterocycles. The molecule has 0 radical (unpaired) electrons. The molecule has 1 nitrogen and oxygen atoms in total. The molecule has 0 fully saturated rings. The molecule has 34 valence electrons. The van der Waals surface area contributed by atoms with E-state index in [4.69, 9.17) is 0 Å². The second-order valence-electron chi connectivity index (χ2n) is 0.670. The van der Waals surface area contributed by atoms with Crippen molar-refractivity contribution in [2.45, 2.75) is 0 Å². The summed E-state index contributed by atoms with van der Waals surface area (Å²) in [5.74, 6) is 0. The van der Waals surface area contributed by atoms with Gasteiger partial charge in [-0.25, -0.2) is 0 Å². The average molecular weight is 102 g/mol. The minimum absolute atomic E-state index is 1.43. The Bertz CT molecular complexity index is 58.6. The maximum atomic E-state index is 4.22. The molecule has 6 heavy (non-hydrogen) atoms. The molecule has 0 aliphatic carbocycles. The number of hydrogen-bond donors (Lipinski definition) is 1. The van der Waals surface area contributed by atoms with Gasteiger partial charge >= 0.3 is 0 Å². The molecular formula is C4H6OS. The molecule has 2 heteroatoms. The zero-order valence-corrected chi connectivity index (χ0v) is 4.19. The van der Waals surface area contributed by atoms with Crippen molar-refractivity contribution in [2.24, 2.45) is 0 Å². The predicted octanol–water partition coefficient (Wildman–Crippen LogP) is 1.55. The van der Waals surface area contributed by atoms with Crippen LogP contribution in [-0.4, -0.2) is 0 Å². The van der Waals surface area contributed by atoms with Crippen molar-refractivity contribution in [1.82, 2.24) is 0 Å². The Morgan fingerprint density at radius 1 is 1.67 bits per heavy atom. The summed E-state index contributed by atoms with van der Waals surface area (Å²) in [6, 6.07) is 0. The highest BCUT2D eigenvalue weighted by Gasteiger charge is 1.53. The van der Waals surface area contributed by atoms with Crippen LogP contribution >= 0.6 is 12.9 Å². The maximum absolute atomic E-state index is 4.22. The SMILES string of the molecule is C=CC=COS. The summed E-state index contributed by atoms with van der Waals surface area (Å²) in [7, 11) is 0. The topological polar surface area (TPSA) is 9.23 Å². The van der Waals surface area contributed by atoms with E-state index < -0.39 is 0 Å². The van der Waals surface area contributed by atoms with Crippen molar-refractivity contribution < 1.29 is 4.18 Å². The van der Waals surface area contributed by atoms with Crippen LogP contribution in [0.15, 0.2) is 25.0 Å². The van der Waals surface area contributed by atoms with Gasteiger partial charge in [-0.15, -0.1) is 0 Å². The molecule has 0 aromatic heterocycles. The Hall–Kier alpha value is -0.370. The van der Waals surface area contributed by atoms with E-state index in [0.717, 1.165) is 0 Å². The molecule has 0 aromatic rings. The molecule has 0 bridgehead atoms. The fraction of sp³-hybridized carbons (Fsp3) is 0. The van der Waals surface area contributed by atoms with Gasteiger partial charge in [0.2, 0.25) is 0 Å². The van der Waals surface area contributed by atoms with Gasteiger partial charge in [-0.05, 0) is 6.08 Å². The van der Waals surface area contributed by atoms with E-state index in [1.165, 1.54) is 6.26 Å². The summed E-state index contributed by atoms with van der Waals surface area (Å²) < 4.78 is 4.22. The van der Waals surface area contributed by atoms with Gasteiger partial charge in [0.05, 0.1) is 0 Å². The molecule has 0 atom stereocenters. The fourth-order valence-corrected chi connectivity index (χ4v) is 0.161. The second kappa shape index (κ2) is 4.63. The molecule has 0 spiro atoms. The predicted molar refractivity (Wildman–Crippen MR) is 29.4 cm³/mol. The highest BCUT2D eigenvalue weighted by atomic mass is 32.1. The number of allylic oxidation sites excluding steroid dienone is 2. The minimum atomic E-state index is 1.43. The molecule has 0 aromatic carbocycles. The Morgan fingerprint density at radius 3 is 2.50 bits per heavy atom. The zero-order valence-electron chi connectivity index (χ0n) is 3.29. The van der Waals surface area contributed by atoms with Crippen molar-refractivity contribution in [3.63, 3.8) is 0 Å². The summed E-state index contributed by atoms with van der Waals surface area (Å²) in [5, 5.41) is 0. The first kappa shape index (κ1) is 5.63. The van der Waals surface area contributed by atoms with E-state index >= 15 is 0 Å². The summed E-state index contributed by atoms with van der Waals surface area (Å²) in [4.78, 5) is 0. The largest absolute Gasteiger partial charge is 0.437 e. The second-order valence-corrected chi connectivity index (χ2v) is 0.880. The molecule has 0 aliphatic rings. The van der Waals surface area contributed by atoms with Crippen LogP contribution < -0.4 is 0 Å². The van der Waals surface area contributed by atoms with Crippen LogP contribution in [0.1, 0.15) is 0 Å². The number of thiol groups is 1. The Labute approximate surface area is 42.9 Å². The van der Waals surface area contributed by atoms with Crippen molar-refractivity contribution in [1.29, 1.82) is 0 Å². The van der Waals surface area contributed by atoms with Crippen molar-refractivity contribution in [3.8, 4) is 0 Å². The van der Waals surface area contributed by atoms with Gasteiger partial charge in [0, 0.05) is 12.9 Å². The van der Waals surface area contributed by atoms with Crippen LogP contribution in [0.5, 0.6) is 0 Å². The van der Waals surface area contributed by atoms with E-state index in [0.29, 0.717) is 0 Å². The maximum Gasteiger partial charge on any atom is 0.101 e. The molecular weight excluding hydrogens is 96.1 g/mol. The lowest BCUT2D eigenvalue weighted by Crippen LogP contribution is -1.48. The van der Waals surface area contributed by atoms with Gasteiger partial charge in [0.1, 0.15) is 6.26 Å². The van der Waals surface area contributed by atoms with Gasteiger partial charge < -0.3 is 4.18 Å². The summed E-state index contributed by atoms with van der Waals surface area (Å²) in [6.45, 7) is 3.40. The highest BCUT2D eigenvalue weighted by Crippen LogP contribution is 1.78. The Kier molecular flexibility index (Phi) is 4.34. The highest BCUT2D eigenvalue weighted by molar-refractivity contribution is 7.75. The first-order valence-electron chi connectivity index (χ1n) is 1.49. The van der Waals surface area contributed by atoms with Crippen LogP contribution in [0.4, 0.5) is 0 Å². The zero-order chi connectivity index (χ0) is 4.83. The fourth-order valence-electron chi connectivity index (χ4n) is 0.0907. The van der Waals surface area contributed by atoms with Crippen molar-refractivity contribution in [3.05, 3.63) is 25.0 Å². The van der Waals surface area contributed by atoms with E-state index in [9.17, 15) is 0 Å². The summed E-state index contributed by atoms with van der Waals surface area (Å²) >= 11 is 3.42. The molecule has 0 amide bonds. The van der Waals surface area contributed by atoms with E-state index in [2.05, 4.69) is 23.7 Å². The molecule has 0 N–H and O–H groups in total. The monoisotopic (exact) mass is 102 g/mol. The molecule has 0 rings (SSSR count). The summed E-state index contributed by atoms with van der Waals surface area (Å²) in [5.41, 5.74) is 0. The lowest BCUT2D eigenvalue weighted by Gasteiger charge is -1.74. The van der Waals surface area contributed by atoms with E-state index in [1.807, 2.05) is 0 Å².